The number of carbonyl (C=O) groups excluding carboxylic acids is 2. The number of aromatic hydroxyl groups is 1. The van der Waals surface area contributed by atoms with Gasteiger partial charge in [-0.05, 0) is 30.7 Å². The van der Waals surface area contributed by atoms with E-state index in [4.69, 9.17) is 16.3 Å². The molecule has 0 aromatic heterocycles. The Bertz CT molecular complexity index is 792. The van der Waals surface area contributed by atoms with E-state index in [-0.39, 0.29) is 33.4 Å². The van der Waals surface area contributed by atoms with Crippen molar-refractivity contribution in [2.24, 2.45) is 5.92 Å². The number of phenols is 1. The zero-order valence-corrected chi connectivity index (χ0v) is 13.0. The number of aliphatic hydroxyl groups excluding tert-OH is 1. The highest BCUT2D eigenvalue weighted by atomic mass is 35.5. The summed E-state index contributed by atoms with van der Waals surface area (Å²) < 4.78 is 10.3. The van der Waals surface area contributed by atoms with Crippen LogP contribution in [0.25, 0.3) is 0 Å². The third kappa shape index (κ3) is 2.26. The lowest BCUT2D eigenvalue weighted by Crippen LogP contribution is -2.41. The van der Waals surface area contributed by atoms with E-state index in [0.29, 0.717) is 5.56 Å². The van der Waals surface area contributed by atoms with Crippen LogP contribution in [0.15, 0.2) is 29.6 Å². The van der Waals surface area contributed by atoms with Gasteiger partial charge in [-0.3, -0.25) is 4.79 Å². The van der Waals surface area contributed by atoms with Crippen molar-refractivity contribution in [3.8, 4) is 11.5 Å². The fraction of sp³-hybridized carbons (Fsp3) is 0.250. The smallest absolute Gasteiger partial charge is 0.334 e. The number of carbonyl (C=O) groups is 2. The van der Waals surface area contributed by atoms with E-state index in [1.807, 2.05) is 0 Å². The molecule has 6 nitrogen and oxygen atoms in total. The fourth-order valence-electron chi connectivity index (χ4n) is 2.81. The molecule has 1 aliphatic carbocycles. The number of benzene rings is 1. The summed E-state index contributed by atoms with van der Waals surface area (Å²) in [6.07, 6.45) is 1.62. The van der Waals surface area contributed by atoms with E-state index >= 15 is 0 Å². The van der Waals surface area contributed by atoms with Crippen molar-refractivity contribution < 1.29 is 29.3 Å². The quantitative estimate of drug-likeness (QED) is 0.765. The van der Waals surface area contributed by atoms with Crippen LogP contribution in [0.3, 0.4) is 0 Å². The normalized spacial score (nSPS) is 22.3. The molecule has 1 heterocycles. The van der Waals surface area contributed by atoms with Gasteiger partial charge in [-0.1, -0.05) is 11.6 Å². The van der Waals surface area contributed by atoms with Crippen LogP contribution in [0.2, 0.25) is 5.02 Å². The monoisotopic (exact) mass is 336 g/mol. The first-order valence-electron chi connectivity index (χ1n) is 6.78. The van der Waals surface area contributed by atoms with E-state index < -0.39 is 23.8 Å². The van der Waals surface area contributed by atoms with Gasteiger partial charge in [-0.2, -0.15) is 0 Å². The van der Waals surface area contributed by atoms with Gasteiger partial charge in [0.1, 0.15) is 28.9 Å². The Morgan fingerprint density at radius 2 is 2.09 bits per heavy atom. The van der Waals surface area contributed by atoms with Crippen LogP contribution in [0.1, 0.15) is 15.9 Å². The van der Waals surface area contributed by atoms with Crippen molar-refractivity contribution in [3.63, 3.8) is 0 Å². The fourth-order valence-corrected chi connectivity index (χ4v) is 2.96. The number of Topliss-reactive ketones (excluding diaryl/α,β-unsaturated/α-hetero) is 1. The highest BCUT2D eigenvalue weighted by Crippen LogP contribution is 2.45. The van der Waals surface area contributed by atoms with Gasteiger partial charge in [0.15, 0.2) is 5.78 Å². The lowest BCUT2D eigenvalue weighted by molar-refractivity contribution is -0.137. The van der Waals surface area contributed by atoms with Crippen molar-refractivity contribution in [1.29, 1.82) is 0 Å². The van der Waals surface area contributed by atoms with Crippen molar-refractivity contribution in [2.45, 2.75) is 13.0 Å². The molecule has 1 aromatic carbocycles. The third-order valence-corrected chi connectivity index (χ3v) is 4.38. The summed E-state index contributed by atoms with van der Waals surface area (Å²) in [7, 11) is 1.17. The number of allylic oxidation sites excluding steroid dienone is 1. The number of rotatable bonds is 1. The number of esters is 1. The predicted octanol–water partition coefficient (Wildman–Crippen LogP) is 2.47. The molecule has 0 spiro atoms. The maximum atomic E-state index is 12.8. The van der Waals surface area contributed by atoms with Gasteiger partial charge >= 0.3 is 5.97 Å². The van der Waals surface area contributed by atoms with E-state index in [2.05, 4.69) is 4.74 Å². The minimum absolute atomic E-state index is 0.0377. The lowest BCUT2D eigenvalue weighted by Gasteiger charge is -2.34. The molecule has 0 bridgehead atoms. The Hall–Kier alpha value is -2.47. The summed E-state index contributed by atoms with van der Waals surface area (Å²) in [6, 6.07) is 1.53. The minimum atomic E-state index is -1.02. The summed E-state index contributed by atoms with van der Waals surface area (Å²) >= 11 is 5.99. The summed E-state index contributed by atoms with van der Waals surface area (Å²) in [5.74, 6) is -2.71. The van der Waals surface area contributed by atoms with Crippen LogP contribution < -0.4 is 4.74 Å². The molecule has 0 amide bonds. The van der Waals surface area contributed by atoms with Crippen LogP contribution in [-0.4, -0.2) is 35.2 Å². The highest BCUT2D eigenvalue weighted by molar-refractivity contribution is 6.33. The predicted molar refractivity (Wildman–Crippen MR) is 80.9 cm³/mol. The largest absolute Gasteiger partial charge is 0.508 e. The van der Waals surface area contributed by atoms with Gasteiger partial charge in [0.25, 0.3) is 0 Å². The molecule has 2 N–H and O–H groups in total. The molecule has 2 atom stereocenters. The Morgan fingerprint density at radius 3 is 2.74 bits per heavy atom. The first kappa shape index (κ1) is 15.4. The number of ether oxygens (including phenoxy) is 2. The van der Waals surface area contributed by atoms with Gasteiger partial charge < -0.3 is 19.7 Å². The van der Waals surface area contributed by atoms with E-state index in [9.17, 15) is 19.8 Å². The maximum Gasteiger partial charge on any atom is 0.334 e. The first-order chi connectivity index (χ1) is 10.8. The molecule has 1 aliphatic heterocycles. The SMILES string of the molecule is COC(=O)C1=CC(O)=CC2Oc3cc(C)c(Cl)c(O)c3C(=O)C12. The lowest BCUT2D eigenvalue weighted by atomic mass is 9.80. The molecule has 3 rings (SSSR count). The topological polar surface area (TPSA) is 93.1 Å². The third-order valence-electron chi connectivity index (χ3n) is 3.90. The van der Waals surface area contributed by atoms with Gasteiger partial charge in [-0.15, -0.1) is 0 Å². The molecule has 1 aromatic rings. The molecule has 0 radical (unpaired) electrons. The molecule has 2 unspecified atom stereocenters. The number of methoxy groups -OCH3 is 1. The number of ketones is 1. The van der Waals surface area contributed by atoms with Crippen molar-refractivity contribution in [1.82, 2.24) is 0 Å². The number of hydrogen-bond acceptors (Lipinski definition) is 6. The zero-order valence-electron chi connectivity index (χ0n) is 12.3. The first-order valence-corrected chi connectivity index (χ1v) is 7.16. The molecule has 0 fully saturated rings. The van der Waals surface area contributed by atoms with E-state index in [0.717, 1.165) is 6.08 Å². The number of hydrogen-bond donors (Lipinski definition) is 2. The summed E-state index contributed by atoms with van der Waals surface area (Å²) in [5.41, 5.74) is 0.428. The number of fused-ring (bicyclic) bond motifs is 2. The number of halogens is 1. The molecule has 0 saturated carbocycles. The second kappa shape index (κ2) is 5.31. The van der Waals surface area contributed by atoms with Gasteiger partial charge in [0, 0.05) is 0 Å². The van der Waals surface area contributed by atoms with Crippen molar-refractivity contribution in [2.75, 3.05) is 7.11 Å². The maximum absolute atomic E-state index is 12.8. The molecule has 7 heteroatoms. The number of phenolic OH excluding ortho intramolecular Hbond substituents is 1. The molecule has 23 heavy (non-hydrogen) atoms. The molecular weight excluding hydrogens is 324 g/mol. The Labute approximate surface area is 136 Å². The number of aryl methyl sites for hydroxylation is 1. The summed E-state index contributed by atoms with van der Waals surface area (Å²) in [5, 5.41) is 20.0. The second-order valence-corrected chi connectivity index (χ2v) is 5.71. The van der Waals surface area contributed by atoms with Crippen LogP contribution in [0.4, 0.5) is 0 Å². The van der Waals surface area contributed by atoms with Gasteiger partial charge in [-0.25, -0.2) is 4.79 Å². The van der Waals surface area contributed by atoms with E-state index in [1.165, 1.54) is 19.3 Å². The number of aliphatic hydroxyl groups is 1. The van der Waals surface area contributed by atoms with Crippen LogP contribution in [-0.2, 0) is 9.53 Å². The highest BCUT2D eigenvalue weighted by Gasteiger charge is 2.45. The van der Waals surface area contributed by atoms with E-state index in [1.54, 1.807) is 6.92 Å². The van der Waals surface area contributed by atoms with Crippen LogP contribution in [0, 0.1) is 12.8 Å². The Balaban J connectivity index is 2.18. The molecule has 2 aliphatic rings. The zero-order chi connectivity index (χ0) is 16.9. The van der Waals surface area contributed by atoms with Crippen molar-refractivity contribution in [3.05, 3.63) is 45.7 Å². The van der Waals surface area contributed by atoms with Crippen molar-refractivity contribution >= 4 is 23.4 Å². The van der Waals surface area contributed by atoms with Crippen LogP contribution >= 0.6 is 11.6 Å². The minimum Gasteiger partial charge on any atom is -0.508 e. The van der Waals surface area contributed by atoms with Gasteiger partial charge in [0.05, 0.1) is 23.6 Å². The average molecular weight is 337 g/mol. The summed E-state index contributed by atoms with van der Waals surface area (Å²) in [4.78, 5) is 24.7. The second-order valence-electron chi connectivity index (χ2n) is 5.34. The Morgan fingerprint density at radius 1 is 1.39 bits per heavy atom. The van der Waals surface area contributed by atoms with Crippen LogP contribution in [0.5, 0.6) is 11.5 Å². The molecule has 120 valence electrons. The standard InChI is InChI=1S/C16H13ClO6/c1-6-3-9-12(15(20)13(6)17)14(19)11-8(16(21)22-2)4-7(18)5-10(11)23-9/h3-5,10-11,18,20H,1-2H3. The molecule has 0 saturated heterocycles. The molecular formula is C16H13ClO6. The van der Waals surface area contributed by atoms with Gasteiger partial charge in [0.2, 0.25) is 0 Å². The summed E-state index contributed by atoms with van der Waals surface area (Å²) in [6.45, 7) is 1.66. The average Bonchev–Trinajstić information content (AvgIpc) is 2.50. The Kier molecular flexibility index (Phi) is 3.56.